The lowest BCUT2D eigenvalue weighted by Crippen LogP contribution is -2.04. The minimum absolute atomic E-state index is 0.0502. The fraction of sp³-hybridized carbons (Fsp3) is 0.700. The van der Waals surface area contributed by atoms with Crippen molar-refractivity contribution in [3.63, 3.8) is 0 Å². The zero-order valence-corrected chi connectivity index (χ0v) is 8.22. The van der Waals surface area contributed by atoms with Crippen molar-refractivity contribution in [2.45, 2.75) is 31.7 Å². The van der Waals surface area contributed by atoms with Crippen LogP contribution < -0.4 is 4.74 Å². The normalized spacial score (nSPS) is 17.5. The van der Waals surface area contributed by atoms with Crippen LogP contribution in [0.4, 0.5) is 0 Å². The molecule has 1 aliphatic rings. The van der Waals surface area contributed by atoms with Crippen LogP contribution in [0.15, 0.2) is 12.4 Å². The number of nitrogens with zero attached hydrogens (tertiary/aromatic N) is 2. The molecule has 1 N–H and O–H groups in total. The van der Waals surface area contributed by atoms with Crippen LogP contribution in [0, 0.1) is 0 Å². The molecule has 1 heterocycles. The summed E-state index contributed by atoms with van der Waals surface area (Å²) >= 11 is 0. The van der Waals surface area contributed by atoms with Crippen LogP contribution in [0.1, 0.15) is 31.7 Å². The summed E-state index contributed by atoms with van der Waals surface area (Å²) in [6.07, 6.45) is 8.69. The maximum Gasteiger partial charge on any atom is 0.157 e. The van der Waals surface area contributed by atoms with Crippen LogP contribution in [0.25, 0.3) is 0 Å². The van der Waals surface area contributed by atoms with E-state index in [-0.39, 0.29) is 6.61 Å². The van der Waals surface area contributed by atoms with Gasteiger partial charge in [0.2, 0.25) is 0 Å². The summed E-state index contributed by atoms with van der Waals surface area (Å²) < 4.78 is 7.25. The lowest BCUT2D eigenvalue weighted by Gasteiger charge is -2.08. The molecule has 0 amide bonds. The van der Waals surface area contributed by atoms with E-state index in [0.717, 1.165) is 5.75 Å². The topological polar surface area (TPSA) is 47.3 Å². The molecule has 0 spiro atoms. The maximum atomic E-state index is 8.59. The highest BCUT2D eigenvalue weighted by Gasteiger charge is 2.17. The highest BCUT2D eigenvalue weighted by atomic mass is 16.5. The molecule has 1 aromatic heterocycles. The summed E-state index contributed by atoms with van der Waals surface area (Å²) in [5.41, 5.74) is 0. The highest BCUT2D eigenvalue weighted by molar-refractivity contribution is 5.12. The Morgan fingerprint density at radius 1 is 1.50 bits per heavy atom. The van der Waals surface area contributed by atoms with E-state index in [2.05, 4.69) is 5.10 Å². The Kier molecular flexibility index (Phi) is 3.03. The molecular formula is C10H16N2O2. The predicted molar refractivity (Wildman–Crippen MR) is 52.3 cm³/mol. The summed E-state index contributed by atoms with van der Waals surface area (Å²) in [6.45, 7) is 0.394. The van der Waals surface area contributed by atoms with Crippen molar-refractivity contribution in [3.05, 3.63) is 12.4 Å². The van der Waals surface area contributed by atoms with Gasteiger partial charge in [0.05, 0.1) is 25.0 Å². The van der Waals surface area contributed by atoms with Gasteiger partial charge in [-0.2, -0.15) is 5.10 Å². The van der Waals surface area contributed by atoms with Crippen LogP contribution in [0.5, 0.6) is 5.75 Å². The van der Waals surface area contributed by atoms with Crippen LogP contribution in [-0.4, -0.2) is 28.1 Å². The molecule has 0 aromatic carbocycles. The highest BCUT2D eigenvalue weighted by Crippen LogP contribution is 2.29. The summed E-state index contributed by atoms with van der Waals surface area (Å²) in [6, 6.07) is 0.557. The Labute approximate surface area is 83.5 Å². The van der Waals surface area contributed by atoms with Crippen molar-refractivity contribution < 1.29 is 9.84 Å². The summed E-state index contributed by atoms with van der Waals surface area (Å²) in [7, 11) is 0. The largest absolute Gasteiger partial charge is 0.488 e. The van der Waals surface area contributed by atoms with Crippen LogP contribution >= 0.6 is 0 Å². The van der Waals surface area contributed by atoms with E-state index in [4.69, 9.17) is 9.84 Å². The SMILES string of the molecule is OCCOc1cnn(C2CCCC2)c1. The molecule has 0 aliphatic heterocycles. The molecule has 78 valence electrons. The lowest BCUT2D eigenvalue weighted by molar-refractivity contribution is 0.201. The molecule has 0 unspecified atom stereocenters. The van der Waals surface area contributed by atoms with Gasteiger partial charge < -0.3 is 9.84 Å². The fourth-order valence-electron chi connectivity index (χ4n) is 1.93. The number of hydrogen-bond donors (Lipinski definition) is 1. The van der Waals surface area contributed by atoms with Gasteiger partial charge in [-0.05, 0) is 12.8 Å². The molecule has 1 saturated carbocycles. The van der Waals surface area contributed by atoms with Gasteiger partial charge >= 0.3 is 0 Å². The van der Waals surface area contributed by atoms with Gasteiger partial charge in [-0.25, -0.2) is 0 Å². The first-order valence-electron chi connectivity index (χ1n) is 5.18. The molecule has 2 rings (SSSR count). The molecule has 4 heteroatoms. The molecule has 0 bridgehead atoms. The Balaban J connectivity index is 1.94. The quantitative estimate of drug-likeness (QED) is 0.791. The Bertz CT molecular complexity index is 279. The molecule has 1 aromatic rings. The standard InChI is InChI=1S/C10H16N2O2/c13-5-6-14-10-7-11-12(8-10)9-3-1-2-4-9/h7-9,13H,1-6H2. The zero-order valence-electron chi connectivity index (χ0n) is 8.22. The fourth-order valence-corrected chi connectivity index (χ4v) is 1.93. The Morgan fingerprint density at radius 3 is 3.00 bits per heavy atom. The third-order valence-corrected chi connectivity index (χ3v) is 2.64. The van der Waals surface area contributed by atoms with E-state index in [0.29, 0.717) is 12.6 Å². The average Bonchev–Trinajstić information content (AvgIpc) is 2.85. The van der Waals surface area contributed by atoms with E-state index in [1.165, 1.54) is 25.7 Å². The first-order chi connectivity index (χ1) is 6.90. The summed E-state index contributed by atoms with van der Waals surface area (Å²) in [4.78, 5) is 0. The number of hydrogen-bond acceptors (Lipinski definition) is 3. The smallest absolute Gasteiger partial charge is 0.157 e. The number of aliphatic hydroxyl groups is 1. The molecule has 4 nitrogen and oxygen atoms in total. The van der Waals surface area contributed by atoms with Crippen LogP contribution in [-0.2, 0) is 0 Å². The lowest BCUT2D eigenvalue weighted by atomic mass is 10.3. The van der Waals surface area contributed by atoms with Crippen molar-refractivity contribution in [1.82, 2.24) is 9.78 Å². The summed E-state index contributed by atoms with van der Waals surface area (Å²) in [5, 5.41) is 12.9. The summed E-state index contributed by atoms with van der Waals surface area (Å²) in [5.74, 6) is 0.756. The monoisotopic (exact) mass is 196 g/mol. The molecule has 1 aliphatic carbocycles. The van der Waals surface area contributed by atoms with Gasteiger partial charge in [0.1, 0.15) is 6.61 Å². The second kappa shape index (κ2) is 4.46. The van der Waals surface area contributed by atoms with Gasteiger partial charge in [-0.3, -0.25) is 4.68 Å². The van der Waals surface area contributed by atoms with E-state index < -0.39 is 0 Å². The van der Waals surface area contributed by atoms with Gasteiger partial charge in [0, 0.05) is 0 Å². The van der Waals surface area contributed by atoms with Crippen LogP contribution in [0.2, 0.25) is 0 Å². The number of aliphatic hydroxyl groups excluding tert-OH is 1. The molecule has 0 atom stereocenters. The van der Waals surface area contributed by atoms with Crippen molar-refractivity contribution in [2.75, 3.05) is 13.2 Å². The first kappa shape index (κ1) is 9.52. The molecule has 0 radical (unpaired) electrons. The van der Waals surface area contributed by atoms with E-state index >= 15 is 0 Å². The number of rotatable bonds is 4. The predicted octanol–water partition coefficient (Wildman–Crippen LogP) is 1.37. The van der Waals surface area contributed by atoms with Gasteiger partial charge in [0.15, 0.2) is 5.75 Å². The van der Waals surface area contributed by atoms with Crippen molar-refractivity contribution in [1.29, 1.82) is 0 Å². The van der Waals surface area contributed by atoms with Crippen molar-refractivity contribution in [3.8, 4) is 5.75 Å². The molecule has 14 heavy (non-hydrogen) atoms. The zero-order chi connectivity index (χ0) is 9.80. The average molecular weight is 196 g/mol. The van der Waals surface area contributed by atoms with Crippen molar-refractivity contribution in [2.24, 2.45) is 0 Å². The Hall–Kier alpha value is -1.03. The third-order valence-electron chi connectivity index (χ3n) is 2.64. The molecular weight excluding hydrogens is 180 g/mol. The van der Waals surface area contributed by atoms with Gasteiger partial charge in [0.25, 0.3) is 0 Å². The van der Waals surface area contributed by atoms with E-state index in [9.17, 15) is 0 Å². The Morgan fingerprint density at radius 2 is 2.29 bits per heavy atom. The van der Waals surface area contributed by atoms with Crippen molar-refractivity contribution >= 4 is 0 Å². The number of aromatic nitrogens is 2. The molecule has 0 saturated heterocycles. The number of ether oxygens (including phenoxy) is 1. The van der Waals surface area contributed by atoms with E-state index in [1.54, 1.807) is 6.20 Å². The van der Waals surface area contributed by atoms with E-state index in [1.807, 2.05) is 10.9 Å². The van der Waals surface area contributed by atoms with Gasteiger partial charge in [-0.1, -0.05) is 12.8 Å². The first-order valence-corrected chi connectivity index (χ1v) is 5.18. The minimum atomic E-state index is 0.0502. The second-order valence-electron chi connectivity index (χ2n) is 3.67. The van der Waals surface area contributed by atoms with Crippen LogP contribution in [0.3, 0.4) is 0 Å². The second-order valence-corrected chi connectivity index (χ2v) is 3.67. The maximum absolute atomic E-state index is 8.59. The minimum Gasteiger partial charge on any atom is -0.488 e. The third kappa shape index (κ3) is 2.07. The van der Waals surface area contributed by atoms with Gasteiger partial charge in [-0.15, -0.1) is 0 Å². The molecule has 1 fully saturated rings.